The highest BCUT2D eigenvalue weighted by atomic mass is 127. The number of oxazole rings is 1. The molecule has 8 heteroatoms. The molecule has 1 spiro atoms. The van der Waals surface area contributed by atoms with Crippen LogP contribution in [0.25, 0.3) is 0 Å². The molecule has 170 valence electrons. The van der Waals surface area contributed by atoms with Crippen LogP contribution in [0.4, 0.5) is 0 Å². The van der Waals surface area contributed by atoms with Crippen LogP contribution in [0.5, 0.6) is 0 Å². The Morgan fingerprint density at radius 2 is 2.03 bits per heavy atom. The van der Waals surface area contributed by atoms with Gasteiger partial charge in [-0.15, -0.1) is 24.0 Å². The molecule has 0 bridgehead atoms. The third-order valence-corrected chi connectivity index (χ3v) is 6.90. The highest BCUT2D eigenvalue weighted by Crippen LogP contribution is 2.38. The fourth-order valence-corrected chi connectivity index (χ4v) is 4.85. The Morgan fingerprint density at radius 1 is 1.23 bits per heavy atom. The molecule has 1 N–H and O–H groups in total. The number of halogens is 1. The van der Waals surface area contributed by atoms with E-state index in [4.69, 9.17) is 14.1 Å². The van der Waals surface area contributed by atoms with Gasteiger partial charge >= 0.3 is 0 Å². The molecule has 3 aliphatic rings. The Hall–Kier alpha value is -0.870. The molecule has 0 saturated carbocycles. The number of piperidine rings is 1. The maximum atomic E-state index is 5.75. The lowest BCUT2D eigenvalue weighted by Crippen LogP contribution is -2.42. The van der Waals surface area contributed by atoms with Crippen LogP contribution in [0, 0.1) is 25.2 Å². The zero-order valence-corrected chi connectivity index (χ0v) is 21.1. The maximum Gasteiger partial charge on any atom is 0.208 e. The van der Waals surface area contributed by atoms with Crippen molar-refractivity contribution in [2.75, 3.05) is 52.5 Å². The molecule has 1 atom stereocenters. The number of aliphatic imine (C=N–C) groups is 1. The molecule has 3 aliphatic heterocycles. The van der Waals surface area contributed by atoms with Crippen molar-refractivity contribution in [3.05, 3.63) is 17.3 Å². The predicted octanol–water partition coefficient (Wildman–Crippen LogP) is 3.20. The molecule has 0 amide bonds. The second-order valence-electron chi connectivity index (χ2n) is 9.14. The molecule has 1 unspecified atom stereocenters. The number of hydrogen-bond acceptors (Lipinski definition) is 5. The van der Waals surface area contributed by atoms with Gasteiger partial charge in [-0.25, -0.2) is 4.98 Å². The largest absolute Gasteiger partial charge is 0.444 e. The normalized spacial score (nSPS) is 25.8. The Bertz CT molecular complexity index is 689. The molecule has 30 heavy (non-hydrogen) atoms. The highest BCUT2D eigenvalue weighted by Gasteiger charge is 2.42. The summed E-state index contributed by atoms with van der Waals surface area (Å²) in [5.74, 6) is 3.56. The van der Waals surface area contributed by atoms with E-state index < -0.39 is 0 Å². The van der Waals surface area contributed by atoms with Crippen LogP contribution in [0.1, 0.15) is 50.0 Å². The maximum absolute atomic E-state index is 5.75. The van der Waals surface area contributed by atoms with Crippen molar-refractivity contribution in [1.29, 1.82) is 0 Å². The lowest BCUT2D eigenvalue weighted by Gasteiger charge is -2.31. The lowest BCUT2D eigenvalue weighted by atomic mass is 9.87. The summed E-state index contributed by atoms with van der Waals surface area (Å²) >= 11 is 0. The van der Waals surface area contributed by atoms with Crippen LogP contribution in [0.15, 0.2) is 9.41 Å². The van der Waals surface area contributed by atoms with Crippen LogP contribution >= 0.6 is 24.0 Å². The summed E-state index contributed by atoms with van der Waals surface area (Å²) in [7, 11) is 0. The first-order valence-corrected chi connectivity index (χ1v) is 11.3. The van der Waals surface area contributed by atoms with Crippen molar-refractivity contribution in [3.8, 4) is 0 Å². The van der Waals surface area contributed by atoms with Gasteiger partial charge in [-0.05, 0) is 65.5 Å². The second-order valence-corrected chi connectivity index (χ2v) is 9.14. The Kier molecular flexibility index (Phi) is 8.43. The second kappa shape index (κ2) is 10.6. The topological polar surface area (TPSA) is 66.1 Å². The average Bonchev–Trinajstić information content (AvgIpc) is 3.43. The summed E-state index contributed by atoms with van der Waals surface area (Å²) in [4.78, 5) is 14.5. The summed E-state index contributed by atoms with van der Waals surface area (Å²) in [5, 5.41) is 3.52. The third kappa shape index (κ3) is 5.68. The minimum absolute atomic E-state index is 0. The van der Waals surface area contributed by atoms with Crippen molar-refractivity contribution in [3.63, 3.8) is 0 Å². The monoisotopic (exact) mass is 531 g/mol. The molecule has 7 nitrogen and oxygen atoms in total. The smallest absolute Gasteiger partial charge is 0.208 e. The molecule has 0 aliphatic carbocycles. The van der Waals surface area contributed by atoms with E-state index in [0.717, 1.165) is 82.3 Å². The summed E-state index contributed by atoms with van der Waals surface area (Å²) in [6.07, 6.45) is 4.82. The summed E-state index contributed by atoms with van der Waals surface area (Å²) in [6, 6.07) is 0. The number of nitrogens with zero attached hydrogens (tertiary/aromatic N) is 4. The lowest BCUT2D eigenvalue weighted by molar-refractivity contribution is 0.156. The average molecular weight is 531 g/mol. The van der Waals surface area contributed by atoms with Gasteiger partial charge in [0.05, 0.1) is 18.8 Å². The molecule has 3 saturated heterocycles. The molecule has 3 fully saturated rings. The van der Waals surface area contributed by atoms with Crippen molar-refractivity contribution in [1.82, 2.24) is 20.1 Å². The van der Waals surface area contributed by atoms with E-state index >= 15 is 0 Å². The van der Waals surface area contributed by atoms with Crippen LogP contribution in [0.3, 0.4) is 0 Å². The number of aryl methyl sites for hydroxylation is 2. The van der Waals surface area contributed by atoms with Gasteiger partial charge < -0.3 is 19.4 Å². The van der Waals surface area contributed by atoms with Crippen molar-refractivity contribution >= 4 is 29.9 Å². The van der Waals surface area contributed by atoms with Crippen molar-refractivity contribution in [2.45, 2.75) is 53.0 Å². The van der Waals surface area contributed by atoms with E-state index in [9.17, 15) is 0 Å². The number of ether oxygens (including phenoxy) is 1. The highest BCUT2D eigenvalue weighted by molar-refractivity contribution is 14.0. The predicted molar refractivity (Wildman–Crippen MR) is 129 cm³/mol. The van der Waals surface area contributed by atoms with Crippen LogP contribution in [0.2, 0.25) is 0 Å². The minimum atomic E-state index is 0. The Morgan fingerprint density at radius 3 is 2.67 bits per heavy atom. The summed E-state index contributed by atoms with van der Waals surface area (Å²) in [6.45, 7) is 15.1. The first-order chi connectivity index (χ1) is 14.1. The fraction of sp³-hybridized carbons (Fsp3) is 0.818. The van der Waals surface area contributed by atoms with E-state index in [2.05, 4.69) is 27.0 Å². The summed E-state index contributed by atoms with van der Waals surface area (Å²) in [5.41, 5.74) is 1.38. The third-order valence-electron chi connectivity index (χ3n) is 6.90. The molecular formula is C22H38IN5O2. The number of aromatic nitrogens is 1. The molecule has 0 aromatic carbocycles. The SMILES string of the molecule is CCNC(=NCC1CCN(Cc2nc(C)c(C)o2)CC1)N1CCC2(CCOC2)C1.I. The van der Waals surface area contributed by atoms with E-state index in [1.165, 1.54) is 25.7 Å². The Labute approximate surface area is 198 Å². The molecular weight excluding hydrogens is 493 g/mol. The van der Waals surface area contributed by atoms with E-state index in [0.29, 0.717) is 11.3 Å². The molecule has 1 aromatic rings. The Balaban J connectivity index is 0.00000256. The number of rotatable bonds is 5. The molecule has 4 rings (SSSR count). The fourth-order valence-electron chi connectivity index (χ4n) is 4.85. The van der Waals surface area contributed by atoms with E-state index in [-0.39, 0.29) is 24.0 Å². The van der Waals surface area contributed by atoms with Gasteiger partial charge in [0.2, 0.25) is 5.89 Å². The van der Waals surface area contributed by atoms with Crippen molar-refractivity contribution < 1.29 is 9.15 Å². The van der Waals surface area contributed by atoms with Crippen molar-refractivity contribution in [2.24, 2.45) is 16.3 Å². The van der Waals surface area contributed by atoms with E-state index in [1.807, 2.05) is 13.8 Å². The van der Waals surface area contributed by atoms with Crippen LogP contribution in [-0.4, -0.2) is 73.2 Å². The first-order valence-electron chi connectivity index (χ1n) is 11.3. The van der Waals surface area contributed by atoms with E-state index in [1.54, 1.807) is 0 Å². The molecule has 4 heterocycles. The standard InChI is InChI=1S/C22H37N5O2.HI/c1-4-23-21(27-11-7-22(15-27)8-12-28-16-22)24-13-19-5-9-26(10-6-19)14-20-25-17(2)18(3)29-20;/h19H,4-16H2,1-3H3,(H,23,24);1H. The van der Waals surface area contributed by atoms with Crippen LogP contribution < -0.4 is 5.32 Å². The number of nitrogens with one attached hydrogen (secondary N) is 1. The zero-order chi connectivity index (χ0) is 20.3. The molecule has 0 radical (unpaired) electrons. The number of guanidine groups is 1. The quantitative estimate of drug-likeness (QED) is 0.358. The van der Waals surface area contributed by atoms with Gasteiger partial charge in [0.15, 0.2) is 5.96 Å². The van der Waals surface area contributed by atoms with Gasteiger partial charge in [0, 0.05) is 38.2 Å². The first kappa shape index (κ1) is 23.8. The van der Waals surface area contributed by atoms with Gasteiger partial charge in [-0.2, -0.15) is 0 Å². The number of likely N-dealkylation sites (tertiary alicyclic amines) is 2. The van der Waals surface area contributed by atoms with Gasteiger partial charge in [0.1, 0.15) is 5.76 Å². The van der Waals surface area contributed by atoms with Gasteiger partial charge in [-0.1, -0.05) is 0 Å². The van der Waals surface area contributed by atoms with Gasteiger partial charge in [-0.3, -0.25) is 9.89 Å². The molecule has 1 aromatic heterocycles. The van der Waals surface area contributed by atoms with Crippen LogP contribution in [-0.2, 0) is 11.3 Å². The minimum Gasteiger partial charge on any atom is -0.444 e. The van der Waals surface area contributed by atoms with Gasteiger partial charge in [0.25, 0.3) is 0 Å². The number of hydrogen-bond donors (Lipinski definition) is 1. The summed E-state index contributed by atoms with van der Waals surface area (Å²) < 4.78 is 11.4. The zero-order valence-electron chi connectivity index (χ0n) is 18.8.